The third kappa shape index (κ3) is 8.92. The van der Waals surface area contributed by atoms with Crippen LogP contribution in [0.4, 0.5) is 11.4 Å². The van der Waals surface area contributed by atoms with E-state index in [2.05, 4.69) is 98.1 Å². The Labute approximate surface area is 331 Å². The number of allylic oxidation sites excluding steroid dienone is 8. The van der Waals surface area contributed by atoms with Gasteiger partial charge in [0.15, 0.2) is 5.71 Å². The molecule has 0 fully saturated rings. The van der Waals surface area contributed by atoms with Crippen LogP contribution in [-0.2, 0) is 35.3 Å². The quantitative estimate of drug-likeness (QED) is 0.0632. The number of hydrogen-bond acceptors (Lipinski definition) is 6. The predicted octanol–water partition coefficient (Wildman–Crippen LogP) is 6.74. The number of amides is 2. The van der Waals surface area contributed by atoms with Gasteiger partial charge in [-0.05, 0) is 82.2 Å². The third-order valence-electron chi connectivity index (χ3n) is 11.4. The second-order valence-electron chi connectivity index (χ2n) is 15.9. The Kier molecular flexibility index (Phi) is 13.0. The number of rotatable bonds is 16. The average molecular weight is 786 g/mol. The number of carboxylic acids is 1. The van der Waals surface area contributed by atoms with Crippen molar-refractivity contribution in [2.45, 2.75) is 90.9 Å². The highest BCUT2D eigenvalue weighted by Crippen LogP contribution is 2.48. The molecule has 12 heteroatoms. The van der Waals surface area contributed by atoms with Gasteiger partial charge in [-0.3, -0.25) is 18.9 Å². The van der Waals surface area contributed by atoms with Gasteiger partial charge in [-0.1, -0.05) is 74.9 Å². The van der Waals surface area contributed by atoms with E-state index in [0.29, 0.717) is 19.3 Å². The van der Waals surface area contributed by atoms with Crippen LogP contribution in [0, 0.1) is 5.41 Å². The number of carbonyl (C=O) groups is 3. The summed E-state index contributed by atoms with van der Waals surface area (Å²) in [5, 5.41) is 14.6. The first-order valence-electron chi connectivity index (χ1n) is 19.6. The molecule has 300 valence electrons. The van der Waals surface area contributed by atoms with Gasteiger partial charge in [-0.25, -0.2) is 0 Å². The Morgan fingerprint density at radius 2 is 1.50 bits per heavy atom. The highest BCUT2D eigenvalue weighted by atomic mass is 32.2. The van der Waals surface area contributed by atoms with Crippen LogP contribution in [0.3, 0.4) is 0 Å². The third-order valence-corrected chi connectivity index (χ3v) is 12.1. The summed E-state index contributed by atoms with van der Waals surface area (Å²) in [5.41, 5.74) is 6.09. The van der Waals surface area contributed by atoms with Crippen LogP contribution in [0.1, 0.15) is 91.2 Å². The lowest BCUT2D eigenvalue weighted by atomic mass is 9.70. The zero-order chi connectivity index (χ0) is 40.9. The van der Waals surface area contributed by atoms with Crippen molar-refractivity contribution in [2.75, 3.05) is 36.8 Å². The van der Waals surface area contributed by atoms with E-state index in [1.54, 1.807) is 0 Å². The molecule has 11 nitrogen and oxygen atoms in total. The average Bonchev–Trinajstić information content (AvgIpc) is 3.51. The van der Waals surface area contributed by atoms with Crippen molar-refractivity contribution in [1.29, 1.82) is 0 Å². The molecule has 56 heavy (non-hydrogen) atoms. The Morgan fingerprint density at radius 1 is 0.839 bits per heavy atom. The maximum atomic E-state index is 14.4. The summed E-state index contributed by atoms with van der Waals surface area (Å²) in [6.07, 6.45) is 11.9. The predicted molar refractivity (Wildman–Crippen MR) is 221 cm³/mol. The lowest BCUT2D eigenvalue weighted by Gasteiger charge is -2.35. The van der Waals surface area contributed by atoms with Gasteiger partial charge >= 0.3 is 5.97 Å². The number of hydrogen-bond donors (Lipinski definition) is 4. The normalized spacial score (nSPS) is 21.3. The molecule has 0 radical (unpaired) electrons. The van der Waals surface area contributed by atoms with E-state index in [4.69, 9.17) is 5.11 Å². The van der Waals surface area contributed by atoms with E-state index >= 15 is 0 Å². The minimum absolute atomic E-state index is 0.0336. The first-order valence-corrected chi connectivity index (χ1v) is 21.2. The largest absolute Gasteiger partial charge is 0.481 e. The Bertz CT molecular complexity index is 2130. The van der Waals surface area contributed by atoms with Gasteiger partial charge in [0.2, 0.25) is 17.5 Å². The highest BCUT2D eigenvalue weighted by molar-refractivity contribution is 7.85. The number of likely N-dealkylation sites (N-methyl/N-ethyl adjacent to an activating group) is 1. The minimum Gasteiger partial charge on any atom is -0.481 e. The molecule has 0 spiro atoms. The Morgan fingerprint density at radius 3 is 2.16 bits per heavy atom. The van der Waals surface area contributed by atoms with Crippen LogP contribution < -0.4 is 15.5 Å². The molecule has 1 aliphatic carbocycles. The van der Waals surface area contributed by atoms with Crippen molar-refractivity contribution >= 4 is 45.0 Å². The molecule has 2 aliphatic heterocycles. The van der Waals surface area contributed by atoms with E-state index in [1.165, 1.54) is 11.1 Å². The van der Waals surface area contributed by atoms with Crippen LogP contribution in [0.25, 0.3) is 0 Å². The standard InChI is InChI=1S/C44H56N4O7S/c1-7-47-35-18-13-11-16-33(35)42(3,4)37(47)23-21-31-28-32(22-24-38-43(5,6)34-17-12-14-19-36(34)48(38)8-2)30-44(29-31,41(52)46-26-27-56(53,54)55)40(51)45-25-15-9-10-20-39(49)50/h11-14,16-19,21-24,28H,7-10,15,20,25-27,29-30H2,1-6H3,(H3-,45,46,49,50,51,52,53,54,55)/p+1. The summed E-state index contributed by atoms with van der Waals surface area (Å²) in [6.45, 7) is 14.3. The Balaban J connectivity index is 1.58. The van der Waals surface area contributed by atoms with Crippen molar-refractivity contribution in [3.05, 3.63) is 107 Å². The lowest BCUT2D eigenvalue weighted by molar-refractivity contribution is -0.433. The molecular weight excluding hydrogens is 729 g/mol. The molecule has 2 heterocycles. The fourth-order valence-electron chi connectivity index (χ4n) is 8.49. The van der Waals surface area contributed by atoms with Crippen LogP contribution in [0.5, 0.6) is 0 Å². The summed E-state index contributed by atoms with van der Waals surface area (Å²) in [5.74, 6) is -2.71. The first-order chi connectivity index (χ1) is 26.5. The van der Waals surface area contributed by atoms with Crippen molar-refractivity contribution in [3.8, 4) is 0 Å². The van der Waals surface area contributed by atoms with E-state index in [-0.39, 0.29) is 43.2 Å². The van der Waals surface area contributed by atoms with Crippen molar-refractivity contribution in [2.24, 2.45) is 5.41 Å². The van der Waals surface area contributed by atoms with E-state index in [0.717, 1.165) is 47.0 Å². The fourth-order valence-corrected chi connectivity index (χ4v) is 8.85. The fraction of sp³-hybridized carbons (Fsp3) is 0.455. The molecule has 0 aromatic heterocycles. The van der Waals surface area contributed by atoms with Crippen molar-refractivity contribution in [3.63, 3.8) is 0 Å². The topological polar surface area (TPSA) is 156 Å². The molecule has 3 aliphatic rings. The summed E-state index contributed by atoms with van der Waals surface area (Å²) in [4.78, 5) is 42.1. The van der Waals surface area contributed by atoms with Gasteiger partial charge in [0.05, 0.1) is 11.2 Å². The van der Waals surface area contributed by atoms with Crippen LogP contribution >= 0.6 is 0 Å². The number of anilines is 1. The molecule has 5 rings (SSSR count). The zero-order valence-electron chi connectivity index (χ0n) is 33.5. The lowest BCUT2D eigenvalue weighted by Crippen LogP contribution is -2.53. The Hall–Kier alpha value is -4.81. The van der Waals surface area contributed by atoms with Gasteiger partial charge in [-0.15, -0.1) is 0 Å². The number of nitrogens with zero attached hydrogens (tertiary/aromatic N) is 2. The summed E-state index contributed by atoms with van der Waals surface area (Å²) < 4.78 is 34.9. The second kappa shape index (κ2) is 17.1. The van der Waals surface area contributed by atoms with Crippen molar-refractivity contribution < 1.29 is 37.0 Å². The highest BCUT2D eigenvalue weighted by Gasteiger charge is 2.49. The van der Waals surface area contributed by atoms with Crippen LogP contribution in [0.15, 0.2) is 95.8 Å². The number of para-hydroxylation sites is 2. The van der Waals surface area contributed by atoms with E-state index < -0.39 is 39.1 Å². The monoisotopic (exact) mass is 785 g/mol. The molecule has 0 bridgehead atoms. The van der Waals surface area contributed by atoms with E-state index in [1.807, 2.05) is 42.5 Å². The van der Waals surface area contributed by atoms with Gasteiger partial charge in [0.25, 0.3) is 10.1 Å². The SMILES string of the molecule is CCN1/C(=C/C=C2C=C(/C=C/C3=[N+](CC)c4ccccc4C3(C)C)CC(C(=O)NCCCCCC(=O)O)(C(=O)NCCS(=O)(=O)O)C/2)C(C)(C)c2ccccc21. The number of nitrogens with one attached hydrogen (secondary N) is 2. The van der Waals surface area contributed by atoms with Gasteiger partial charge in [0.1, 0.15) is 12.0 Å². The second-order valence-corrected chi connectivity index (χ2v) is 17.5. The number of carboxylic acid groups (broad SMARTS) is 1. The molecule has 0 saturated carbocycles. The smallest absolute Gasteiger partial charge is 0.303 e. The van der Waals surface area contributed by atoms with Gasteiger partial charge < -0.3 is 20.6 Å². The molecule has 1 atom stereocenters. The van der Waals surface area contributed by atoms with Gasteiger partial charge in [-0.2, -0.15) is 13.0 Å². The molecule has 0 saturated heterocycles. The zero-order valence-corrected chi connectivity index (χ0v) is 34.3. The van der Waals surface area contributed by atoms with Crippen LogP contribution in [0.2, 0.25) is 0 Å². The van der Waals surface area contributed by atoms with Crippen LogP contribution in [-0.4, -0.2) is 78.1 Å². The van der Waals surface area contributed by atoms with Gasteiger partial charge in [0, 0.05) is 60.6 Å². The number of unbranched alkanes of at least 4 members (excludes halogenated alkanes) is 2. The molecule has 2 aromatic carbocycles. The molecule has 4 N–H and O–H groups in total. The summed E-state index contributed by atoms with van der Waals surface area (Å²) in [6, 6.07) is 16.7. The molecule has 1 unspecified atom stereocenters. The molecule has 2 amide bonds. The number of benzene rings is 2. The molecular formula is C44H57N4O7S+. The molecule has 2 aromatic rings. The van der Waals surface area contributed by atoms with Crippen molar-refractivity contribution in [1.82, 2.24) is 10.6 Å². The summed E-state index contributed by atoms with van der Waals surface area (Å²) >= 11 is 0. The minimum atomic E-state index is -4.37. The van der Waals surface area contributed by atoms with E-state index in [9.17, 15) is 27.4 Å². The maximum Gasteiger partial charge on any atom is 0.303 e. The number of aliphatic carboxylic acids is 1. The maximum absolute atomic E-state index is 14.4. The number of carbonyl (C=O) groups excluding carboxylic acids is 2. The number of fused-ring (bicyclic) bond motifs is 2. The summed E-state index contributed by atoms with van der Waals surface area (Å²) in [7, 11) is -4.37. The first kappa shape index (κ1) is 42.3.